The van der Waals surface area contributed by atoms with Crippen LogP contribution in [0.4, 0.5) is 12.9 Å². The van der Waals surface area contributed by atoms with Crippen LogP contribution in [0.25, 0.3) is 0 Å². The largest absolute Gasteiger partial charge is 1.00 e. The molecular weight excluding hydrogens is 219 g/mol. The van der Waals surface area contributed by atoms with E-state index >= 15 is 0 Å². The molecule has 72 valence electrons. The smallest absolute Gasteiger partial charge is 0.449 e. The Balaban J connectivity index is 0.00000169. The van der Waals surface area contributed by atoms with Gasteiger partial charge < -0.3 is 18.7 Å². The maximum atomic E-state index is 12.1. The van der Waals surface area contributed by atoms with Gasteiger partial charge >= 0.3 is 58.4 Å². The van der Waals surface area contributed by atoms with Crippen LogP contribution in [-0.2, 0) is 12.9 Å². The monoisotopic (exact) mass is 228 g/mol. The van der Waals surface area contributed by atoms with E-state index in [-0.39, 0.29) is 63.5 Å². The average molecular weight is 228 g/mol. The minimum atomic E-state index is -4.80. The van der Waals surface area contributed by atoms with Crippen molar-refractivity contribution in [3.63, 3.8) is 0 Å². The van der Waals surface area contributed by atoms with Gasteiger partial charge in [-0.25, -0.2) is 0 Å². The number of nitrogens with zero attached hydrogens (tertiary/aromatic N) is 1. The van der Waals surface area contributed by atoms with Crippen LogP contribution in [0.1, 0.15) is 11.3 Å². The molecular formula is C7H9BF3KN2. The van der Waals surface area contributed by atoms with Crippen LogP contribution >= 0.6 is 0 Å². The molecule has 2 nitrogen and oxygen atoms in total. The van der Waals surface area contributed by atoms with Crippen LogP contribution in [-0.4, -0.2) is 12.0 Å². The Kier molecular flexibility index (Phi) is 6.51. The second kappa shape index (κ2) is 6.24. The molecule has 0 atom stereocenters. The molecule has 7 heteroatoms. The molecule has 14 heavy (non-hydrogen) atoms. The molecule has 1 aromatic heterocycles. The minimum absolute atomic E-state index is 0. The fraction of sp³-hybridized carbons (Fsp3) is 0.286. The zero-order chi connectivity index (χ0) is 9.90. The zero-order valence-corrected chi connectivity index (χ0v) is 11.0. The van der Waals surface area contributed by atoms with Gasteiger partial charge in [0.1, 0.15) is 0 Å². The van der Waals surface area contributed by atoms with Crippen molar-refractivity contribution < 1.29 is 64.3 Å². The summed E-state index contributed by atoms with van der Waals surface area (Å²) in [6.45, 7) is -4.76. The SMILES string of the molecule is NCc1ncccc1C[B-](F)(F)F.[K+]. The summed E-state index contributed by atoms with van der Waals surface area (Å²) in [5.41, 5.74) is 5.75. The average Bonchev–Trinajstić information content (AvgIpc) is 2.02. The Labute approximate surface area is 123 Å². The van der Waals surface area contributed by atoms with Gasteiger partial charge in [-0.1, -0.05) is 17.9 Å². The Morgan fingerprint density at radius 1 is 1.36 bits per heavy atom. The number of halogens is 3. The number of aromatic nitrogens is 1. The second-order valence-corrected chi connectivity index (χ2v) is 2.73. The number of pyridine rings is 1. The third-order valence-electron chi connectivity index (χ3n) is 1.63. The first-order valence-electron chi connectivity index (χ1n) is 3.87. The Bertz CT molecular complexity index is 293. The Morgan fingerprint density at radius 2 is 2.00 bits per heavy atom. The summed E-state index contributed by atoms with van der Waals surface area (Å²) in [6.07, 6.45) is 0.537. The molecule has 0 radical (unpaired) electrons. The summed E-state index contributed by atoms with van der Waals surface area (Å²) in [6, 6.07) is 2.89. The van der Waals surface area contributed by atoms with Crippen molar-refractivity contribution in [3.05, 3.63) is 29.6 Å². The molecule has 1 heterocycles. The van der Waals surface area contributed by atoms with E-state index in [0.717, 1.165) is 0 Å². The summed E-state index contributed by atoms with van der Waals surface area (Å²) < 4.78 is 36.2. The van der Waals surface area contributed by atoms with E-state index in [9.17, 15) is 12.9 Å². The van der Waals surface area contributed by atoms with Crippen LogP contribution < -0.4 is 57.1 Å². The third-order valence-corrected chi connectivity index (χ3v) is 1.63. The zero-order valence-electron chi connectivity index (χ0n) is 7.88. The third kappa shape index (κ3) is 4.90. The number of nitrogens with two attached hydrogens (primary N) is 1. The molecule has 2 N–H and O–H groups in total. The van der Waals surface area contributed by atoms with E-state index in [1.165, 1.54) is 18.3 Å². The van der Waals surface area contributed by atoms with Crippen LogP contribution in [0.2, 0.25) is 0 Å². The van der Waals surface area contributed by atoms with Gasteiger partial charge in [-0.15, -0.1) is 0 Å². The molecule has 0 spiro atoms. The fourth-order valence-electron chi connectivity index (χ4n) is 1.09. The molecule has 0 saturated carbocycles. The van der Waals surface area contributed by atoms with Gasteiger partial charge in [-0.05, 0) is 6.07 Å². The van der Waals surface area contributed by atoms with E-state index in [0.29, 0.717) is 5.69 Å². The first kappa shape index (κ1) is 14.6. The van der Waals surface area contributed by atoms with Crippen molar-refractivity contribution in [2.45, 2.75) is 12.9 Å². The molecule has 1 aromatic rings. The standard InChI is InChI=1S/C7H9BF3N2.K/c9-8(10,11)4-6-2-1-3-13-7(6)5-12;/h1-3H,4-5,12H2;/q-1;+1. The van der Waals surface area contributed by atoms with Crippen molar-refractivity contribution in [2.75, 3.05) is 0 Å². The first-order valence-corrected chi connectivity index (χ1v) is 3.87. The summed E-state index contributed by atoms with van der Waals surface area (Å²) in [5.74, 6) is 0. The van der Waals surface area contributed by atoms with Gasteiger partial charge in [0.05, 0.1) is 5.69 Å². The number of rotatable bonds is 3. The molecule has 0 unspecified atom stereocenters. The number of hydrogen-bond donors (Lipinski definition) is 1. The summed E-state index contributed by atoms with van der Waals surface area (Å²) >= 11 is 0. The molecule has 1 rings (SSSR count). The maximum Gasteiger partial charge on any atom is 1.00 e. The van der Waals surface area contributed by atoms with Gasteiger partial charge in [-0.2, -0.15) is 0 Å². The Hall–Kier alpha value is 0.601. The van der Waals surface area contributed by atoms with Crippen LogP contribution in [0.5, 0.6) is 0 Å². The van der Waals surface area contributed by atoms with Gasteiger partial charge in [0.2, 0.25) is 0 Å². The van der Waals surface area contributed by atoms with E-state index in [1.54, 1.807) is 0 Å². The molecule has 0 fully saturated rings. The van der Waals surface area contributed by atoms with Gasteiger partial charge in [0.25, 0.3) is 0 Å². The molecule has 0 amide bonds. The van der Waals surface area contributed by atoms with E-state index in [2.05, 4.69) is 4.98 Å². The predicted octanol–water partition coefficient (Wildman–Crippen LogP) is -1.53. The topological polar surface area (TPSA) is 38.9 Å². The first-order chi connectivity index (χ1) is 6.03. The molecule has 0 aliphatic carbocycles. The predicted molar refractivity (Wildman–Crippen MR) is 44.9 cm³/mol. The molecule has 0 aliphatic rings. The molecule has 0 saturated heterocycles. The van der Waals surface area contributed by atoms with Crippen molar-refractivity contribution in [3.8, 4) is 0 Å². The van der Waals surface area contributed by atoms with Crippen LogP contribution in [0, 0.1) is 0 Å². The van der Waals surface area contributed by atoms with E-state index in [1.807, 2.05) is 0 Å². The second-order valence-electron chi connectivity index (χ2n) is 2.73. The van der Waals surface area contributed by atoms with E-state index in [4.69, 9.17) is 5.73 Å². The number of hydrogen-bond acceptors (Lipinski definition) is 2. The van der Waals surface area contributed by atoms with Crippen molar-refractivity contribution in [1.29, 1.82) is 0 Å². The van der Waals surface area contributed by atoms with Crippen LogP contribution in [0.3, 0.4) is 0 Å². The normalized spacial score (nSPS) is 10.9. The van der Waals surface area contributed by atoms with E-state index < -0.39 is 13.3 Å². The molecule has 0 aromatic carbocycles. The summed E-state index contributed by atoms with van der Waals surface area (Å²) in [7, 11) is 0. The molecule has 0 aliphatic heterocycles. The quantitative estimate of drug-likeness (QED) is 0.638. The van der Waals surface area contributed by atoms with Crippen molar-refractivity contribution >= 4 is 6.98 Å². The van der Waals surface area contributed by atoms with Gasteiger partial charge in [0, 0.05) is 12.7 Å². The summed E-state index contributed by atoms with van der Waals surface area (Å²) in [5, 5.41) is 0. The summed E-state index contributed by atoms with van der Waals surface area (Å²) in [4.78, 5) is 3.77. The fourth-order valence-corrected chi connectivity index (χ4v) is 1.09. The Morgan fingerprint density at radius 3 is 2.50 bits per heavy atom. The maximum absolute atomic E-state index is 12.1. The minimum Gasteiger partial charge on any atom is -0.449 e. The molecule has 0 bridgehead atoms. The van der Waals surface area contributed by atoms with Gasteiger partial charge in [0.15, 0.2) is 0 Å². The van der Waals surface area contributed by atoms with Gasteiger partial charge in [-0.3, -0.25) is 4.98 Å². The van der Waals surface area contributed by atoms with Crippen molar-refractivity contribution in [1.82, 2.24) is 4.98 Å². The van der Waals surface area contributed by atoms with Crippen molar-refractivity contribution in [2.24, 2.45) is 5.73 Å². The van der Waals surface area contributed by atoms with Crippen LogP contribution in [0.15, 0.2) is 18.3 Å².